The first kappa shape index (κ1) is 10.5. The molecule has 2 heterocycles. The van der Waals surface area contributed by atoms with E-state index in [-0.39, 0.29) is 5.69 Å². The van der Waals surface area contributed by atoms with E-state index in [0.717, 1.165) is 11.8 Å². The maximum atomic E-state index is 13.5. The summed E-state index contributed by atoms with van der Waals surface area (Å²) in [6.07, 6.45) is 4.44. The van der Waals surface area contributed by atoms with Gasteiger partial charge in [0.1, 0.15) is 5.69 Å². The molecule has 0 amide bonds. The molecule has 1 N–H and O–H groups in total. The lowest BCUT2D eigenvalue weighted by Gasteiger charge is -2.04. The zero-order chi connectivity index (χ0) is 11.5. The van der Waals surface area contributed by atoms with Gasteiger partial charge in [-0.25, -0.2) is 14.4 Å². The van der Waals surface area contributed by atoms with Crippen LogP contribution in [0.3, 0.4) is 0 Å². The van der Waals surface area contributed by atoms with Crippen LogP contribution >= 0.6 is 0 Å². The van der Waals surface area contributed by atoms with Gasteiger partial charge in [0, 0.05) is 25.0 Å². The standard InChI is InChI=1S/C11H11FN4/c1-7-3-8(5-14-4-7)10-9(12)6-15-11(13-2)16-10/h3-6H,1-2H3,(H,13,15,16). The first-order valence-electron chi connectivity index (χ1n) is 4.83. The van der Waals surface area contributed by atoms with Crippen LogP contribution in [-0.4, -0.2) is 22.0 Å². The second-order valence-corrected chi connectivity index (χ2v) is 3.39. The highest BCUT2D eigenvalue weighted by Crippen LogP contribution is 2.20. The van der Waals surface area contributed by atoms with Crippen LogP contribution in [0, 0.1) is 12.7 Å². The van der Waals surface area contributed by atoms with Crippen LogP contribution in [-0.2, 0) is 0 Å². The van der Waals surface area contributed by atoms with E-state index in [9.17, 15) is 4.39 Å². The summed E-state index contributed by atoms with van der Waals surface area (Å²) in [5, 5.41) is 2.77. The molecule has 0 aliphatic heterocycles. The second-order valence-electron chi connectivity index (χ2n) is 3.39. The Morgan fingerprint density at radius 3 is 2.75 bits per heavy atom. The summed E-state index contributed by atoms with van der Waals surface area (Å²) in [7, 11) is 1.69. The molecule has 0 saturated carbocycles. The number of nitrogens with one attached hydrogen (secondary N) is 1. The number of pyridine rings is 1. The Bertz CT molecular complexity index is 513. The largest absolute Gasteiger partial charge is 0.357 e. The quantitative estimate of drug-likeness (QED) is 0.837. The van der Waals surface area contributed by atoms with Gasteiger partial charge < -0.3 is 5.32 Å². The van der Waals surface area contributed by atoms with Crippen LogP contribution in [0.25, 0.3) is 11.3 Å². The van der Waals surface area contributed by atoms with Crippen molar-refractivity contribution in [3.63, 3.8) is 0 Å². The van der Waals surface area contributed by atoms with E-state index in [1.165, 1.54) is 0 Å². The summed E-state index contributed by atoms with van der Waals surface area (Å²) in [4.78, 5) is 11.9. The lowest BCUT2D eigenvalue weighted by molar-refractivity contribution is 0.618. The van der Waals surface area contributed by atoms with Crippen LogP contribution in [0.2, 0.25) is 0 Å². The molecule has 2 aromatic heterocycles. The summed E-state index contributed by atoms with van der Waals surface area (Å²) in [6, 6.07) is 1.83. The van der Waals surface area contributed by atoms with Crippen molar-refractivity contribution in [1.82, 2.24) is 15.0 Å². The molecule has 82 valence electrons. The fourth-order valence-corrected chi connectivity index (χ4v) is 1.37. The summed E-state index contributed by atoms with van der Waals surface area (Å²) < 4.78 is 13.5. The van der Waals surface area contributed by atoms with Crippen molar-refractivity contribution in [3.05, 3.63) is 36.0 Å². The minimum Gasteiger partial charge on any atom is -0.357 e. The predicted molar refractivity (Wildman–Crippen MR) is 59.5 cm³/mol. The van der Waals surface area contributed by atoms with Crippen molar-refractivity contribution in [2.45, 2.75) is 6.92 Å². The van der Waals surface area contributed by atoms with Gasteiger partial charge in [-0.1, -0.05) is 0 Å². The van der Waals surface area contributed by atoms with Crippen LogP contribution in [0.4, 0.5) is 10.3 Å². The van der Waals surface area contributed by atoms with Crippen molar-refractivity contribution in [1.29, 1.82) is 0 Å². The van der Waals surface area contributed by atoms with E-state index in [4.69, 9.17) is 0 Å². The molecule has 4 nitrogen and oxygen atoms in total. The van der Waals surface area contributed by atoms with Crippen LogP contribution in [0.5, 0.6) is 0 Å². The monoisotopic (exact) mass is 218 g/mol. The molecule has 0 radical (unpaired) electrons. The molecule has 0 aliphatic rings. The normalized spacial score (nSPS) is 10.2. The summed E-state index contributed by atoms with van der Waals surface area (Å²) in [6.45, 7) is 1.90. The van der Waals surface area contributed by atoms with Crippen LogP contribution in [0.1, 0.15) is 5.56 Å². The van der Waals surface area contributed by atoms with E-state index < -0.39 is 5.82 Å². The molecule has 2 aromatic rings. The minimum absolute atomic E-state index is 0.260. The van der Waals surface area contributed by atoms with Gasteiger partial charge in [-0.15, -0.1) is 0 Å². The molecule has 16 heavy (non-hydrogen) atoms. The molecule has 0 aromatic carbocycles. The molecule has 0 unspecified atom stereocenters. The Hall–Kier alpha value is -2.04. The molecular formula is C11H11FN4. The predicted octanol–water partition coefficient (Wildman–Crippen LogP) is 2.03. The van der Waals surface area contributed by atoms with Crippen LogP contribution in [0.15, 0.2) is 24.7 Å². The van der Waals surface area contributed by atoms with E-state index in [0.29, 0.717) is 11.5 Å². The highest BCUT2D eigenvalue weighted by Gasteiger charge is 2.09. The highest BCUT2D eigenvalue weighted by molar-refractivity contribution is 5.60. The van der Waals surface area contributed by atoms with Crippen LogP contribution < -0.4 is 5.32 Å². The van der Waals surface area contributed by atoms with Gasteiger partial charge >= 0.3 is 0 Å². The summed E-state index contributed by atoms with van der Waals surface area (Å²) in [5.74, 6) is -0.0655. The van der Waals surface area contributed by atoms with Crippen molar-refractivity contribution in [2.24, 2.45) is 0 Å². The SMILES string of the molecule is CNc1ncc(F)c(-c2cncc(C)c2)n1. The second kappa shape index (κ2) is 4.22. The lowest BCUT2D eigenvalue weighted by atomic mass is 10.1. The molecule has 2 rings (SSSR count). The Labute approximate surface area is 92.6 Å². The van der Waals surface area contributed by atoms with E-state index in [2.05, 4.69) is 20.3 Å². The maximum absolute atomic E-state index is 13.5. The van der Waals surface area contributed by atoms with Crippen molar-refractivity contribution in [2.75, 3.05) is 12.4 Å². The molecule has 0 saturated heterocycles. The molecule has 0 fully saturated rings. The van der Waals surface area contributed by atoms with Gasteiger partial charge in [0.05, 0.1) is 6.20 Å². The number of hydrogen-bond donors (Lipinski definition) is 1. The molecule has 0 atom stereocenters. The Balaban J connectivity index is 2.54. The Kier molecular flexibility index (Phi) is 2.76. The Morgan fingerprint density at radius 1 is 1.25 bits per heavy atom. The number of nitrogens with zero attached hydrogens (tertiary/aromatic N) is 3. The first-order chi connectivity index (χ1) is 7.70. The number of anilines is 1. The molecule has 0 spiro atoms. The first-order valence-corrected chi connectivity index (χ1v) is 4.83. The highest BCUT2D eigenvalue weighted by atomic mass is 19.1. The van der Waals surface area contributed by atoms with E-state index in [1.807, 2.05) is 13.0 Å². The van der Waals surface area contributed by atoms with E-state index in [1.54, 1.807) is 19.4 Å². The van der Waals surface area contributed by atoms with Gasteiger partial charge in [0.25, 0.3) is 0 Å². The third-order valence-corrected chi connectivity index (χ3v) is 2.12. The topological polar surface area (TPSA) is 50.7 Å². The zero-order valence-corrected chi connectivity index (χ0v) is 9.03. The molecule has 0 aliphatic carbocycles. The fraction of sp³-hybridized carbons (Fsp3) is 0.182. The number of halogens is 1. The zero-order valence-electron chi connectivity index (χ0n) is 9.03. The smallest absolute Gasteiger partial charge is 0.223 e. The maximum Gasteiger partial charge on any atom is 0.223 e. The van der Waals surface area contributed by atoms with Crippen molar-refractivity contribution < 1.29 is 4.39 Å². The fourth-order valence-electron chi connectivity index (χ4n) is 1.37. The third kappa shape index (κ3) is 1.98. The minimum atomic E-state index is -0.452. The van der Waals surface area contributed by atoms with Gasteiger partial charge in [-0.05, 0) is 18.6 Å². The average Bonchev–Trinajstić information content (AvgIpc) is 2.30. The number of aryl methyl sites for hydroxylation is 1. The third-order valence-electron chi connectivity index (χ3n) is 2.12. The van der Waals surface area contributed by atoms with Gasteiger partial charge in [-0.3, -0.25) is 4.98 Å². The van der Waals surface area contributed by atoms with Gasteiger partial charge in [0.2, 0.25) is 5.95 Å². The Morgan fingerprint density at radius 2 is 2.06 bits per heavy atom. The van der Waals surface area contributed by atoms with Gasteiger partial charge in [-0.2, -0.15) is 0 Å². The average molecular weight is 218 g/mol. The summed E-state index contributed by atoms with van der Waals surface area (Å²) in [5.41, 5.74) is 1.87. The number of rotatable bonds is 2. The van der Waals surface area contributed by atoms with Gasteiger partial charge in [0.15, 0.2) is 5.82 Å². The lowest BCUT2D eigenvalue weighted by Crippen LogP contribution is -2.00. The molecule has 5 heteroatoms. The van der Waals surface area contributed by atoms with Crippen molar-refractivity contribution in [3.8, 4) is 11.3 Å². The summed E-state index contributed by atoms with van der Waals surface area (Å²) >= 11 is 0. The number of hydrogen-bond acceptors (Lipinski definition) is 4. The van der Waals surface area contributed by atoms with Crippen molar-refractivity contribution >= 4 is 5.95 Å². The van der Waals surface area contributed by atoms with E-state index >= 15 is 0 Å². The molecule has 0 bridgehead atoms. The molecular weight excluding hydrogens is 207 g/mol. The number of aromatic nitrogens is 3.